The molecule has 2 heteroatoms. The molecule has 0 aliphatic carbocycles. The van der Waals surface area contributed by atoms with E-state index >= 15 is 0 Å². The first-order valence-corrected chi connectivity index (χ1v) is 7.10. The van der Waals surface area contributed by atoms with Crippen molar-refractivity contribution < 1.29 is 4.39 Å². The van der Waals surface area contributed by atoms with Gasteiger partial charge in [0.2, 0.25) is 0 Å². The normalized spacial score (nSPS) is 12.3. The van der Waals surface area contributed by atoms with Crippen LogP contribution in [0.1, 0.15) is 24.0 Å². The van der Waals surface area contributed by atoms with Crippen LogP contribution in [0.3, 0.4) is 0 Å². The van der Waals surface area contributed by atoms with Gasteiger partial charge in [-0.05, 0) is 48.9 Å². The van der Waals surface area contributed by atoms with Crippen LogP contribution in [0.2, 0.25) is 0 Å². The van der Waals surface area contributed by atoms with Gasteiger partial charge in [-0.25, -0.2) is 4.39 Å². The zero-order valence-electron chi connectivity index (χ0n) is 10.9. The van der Waals surface area contributed by atoms with Crippen molar-refractivity contribution in [1.29, 1.82) is 0 Å². The number of hydrogen-bond donors (Lipinski definition) is 0. The Morgan fingerprint density at radius 2 is 1.58 bits per heavy atom. The molecule has 1 atom stereocenters. The van der Waals surface area contributed by atoms with Gasteiger partial charge >= 0.3 is 0 Å². The third-order valence-electron chi connectivity index (χ3n) is 3.20. The molecule has 2 aromatic carbocycles. The Kier molecular flexibility index (Phi) is 5.41. The van der Waals surface area contributed by atoms with E-state index in [-0.39, 0.29) is 11.2 Å². The first-order valence-electron chi connectivity index (χ1n) is 6.66. The summed E-state index contributed by atoms with van der Waals surface area (Å²) in [7, 11) is 0. The molecule has 19 heavy (non-hydrogen) atoms. The van der Waals surface area contributed by atoms with Gasteiger partial charge in [0.05, 0.1) is 0 Å². The highest BCUT2D eigenvalue weighted by Gasteiger charge is 2.06. The lowest BCUT2D eigenvalue weighted by Crippen LogP contribution is -2.04. The second-order valence-corrected chi connectivity index (χ2v) is 5.42. The molecular formula is C17H18ClF. The number of alkyl halides is 1. The molecule has 0 amide bonds. The highest BCUT2D eigenvalue weighted by Crippen LogP contribution is 2.15. The maximum absolute atomic E-state index is 12.8. The molecule has 0 bridgehead atoms. The van der Waals surface area contributed by atoms with E-state index in [0.717, 1.165) is 31.2 Å². The van der Waals surface area contributed by atoms with Crippen molar-refractivity contribution in [2.45, 2.75) is 31.1 Å². The third kappa shape index (κ3) is 5.04. The zero-order chi connectivity index (χ0) is 13.5. The Balaban J connectivity index is 1.73. The van der Waals surface area contributed by atoms with Crippen molar-refractivity contribution in [3.8, 4) is 0 Å². The Bertz CT molecular complexity index is 478. The number of halogens is 2. The molecule has 0 saturated heterocycles. The van der Waals surface area contributed by atoms with Gasteiger partial charge in [-0.1, -0.05) is 42.5 Å². The first kappa shape index (κ1) is 14.1. The van der Waals surface area contributed by atoms with Gasteiger partial charge in [0.15, 0.2) is 0 Å². The smallest absolute Gasteiger partial charge is 0.123 e. The summed E-state index contributed by atoms with van der Waals surface area (Å²) in [6, 6.07) is 17.0. The van der Waals surface area contributed by atoms with Crippen molar-refractivity contribution in [2.24, 2.45) is 0 Å². The molecule has 0 radical (unpaired) electrons. The molecule has 100 valence electrons. The summed E-state index contributed by atoms with van der Waals surface area (Å²) < 4.78 is 12.8. The van der Waals surface area contributed by atoms with Crippen molar-refractivity contribution in [2.75, 3.05) is 0 Å². The molecule has 0 nitrogen and oxygen atoms in total. The number of rotatable bonds is 6. The van der Waals surface area contributed by atoms with Crippen molar-refractivity contribution >= 4 is 11.6 Å². The Morgan fingerprint density at radius 3 is 2.26 bits per heavy atom. The summed E-state index contributed by atoms with van der Waals surface area (Å²) in [4.78, 5) is 0. The number of aryl methyl sites for hydroxylation is 1. The largest absolute Gasteiger partial charge is 0.207 e. The van der Waals surface area contributed by atoms with Crippen molar-refractivity contribution in [3.63, 3.8) is 0 Å². The Hall–Kier alpha value is -1.34. The molecule has 0 aliphatic rings. The minimum Gasteiger partial charge on any atom is -0.207 e. The Morgan fingerprint density at radius 1 is 0.895 bits per heavy atom. The topological polar surface area (TPSA) is 0 Å². The molecular weight excluding hydrogens is 259 g/mol. The van der Waals surface area contributed by atoms with Crippen LogP contribution in [-0.4, -0.2) is 5.38 Å². The number of hydrogen-bond acceptors (Lipinski definition) is 0. The molecule has 2 aromatic rings. The molecule has 2 rings (SSSR count). The molecule has 0 aliphatic heterocycles. The molecule has 0 spiro atoms. The van der Waals surface area contributed by atoms with E-state index in [9.17, 15) is 4.39 Å². The van der Waals surface area contributed by atoms with Crippen molar-refractivity contribution in [3.05, 3.63) is 71.5 Å². The quantitative estimate of drug-likeness (QED) is 0.652. The van der Waals surface area contributed by atoms with Crippen LogP contribution in [0.4, 0.5) is 4.39 Å². The monoisotopic (exact) mass is 276 g/mol. The second-order valence-electron chi connectivity index (χ2n) is 4.81. The molecule has 0 N–H and O–H groups in total. The van der Waals surface area contributed by atoms with Crippen LogP contribution in [0.5, 0.6) is 0 Å². The lowest BCUT2D eigenvalue weighted by molar-refractivity contribution is 0.626. The van der Waals surface area contributed by atoms with Crippen molar-refractivity contribution in [1.82, 2.24) is 0 Å². The van der Waals surface area contributed by atoms with E-state index in [1.807, 2.05) is 18.2 Å². The summed E-state index contributed by atoms with van der Waals surface area (Å²) in [5.41, 5.74) is 2.45. The van der Waals surface area contributed by atoms with Crippen LogP contribution in [0.25, 0.3) is 0 Å². The van der Waals surface area contributed by atoms with Gasteiger partial charge in [0.1, 0.15) is 5.82 Å². The van der Waals surface area contributed by atoms with Crippen LogP contribution < -0.4 is 0 Å². The van der Waals surface area contributed by atoms with Gasteiger partial charge in [0, 0.05) is 5.38 Å². The lowest BCUT2D eigenvalue weighted by atomic mass is 10.0. The standard InChI is InChI=1S/C17H18ClF/c18-16(13-15-9-11-17(19)12-10-15)8-4-7-14-5-2-1-3-6-14/h1-3,5-6,9-12,16H,4,7-8,13H2. The number of benzene rings is 2. The Labute approximate surface area is 119 Å². The summed E-state index contributed by atoms with van der Waals surface area (Å²) in [6.45, 7) is 0. The predicted molar refractivity (Wildman–Crippen MR) is 79.1 cm³/mol. The van der Waals surface area contributed by atoms with Crippen LogP contribution in [-0.2, 0) is 12.8 Å². The van der Waals surface area contributed by atoms with E-state index in [1.54, 1.807) is 0 Å². The molecule has 0 fully saturated rings. The highest BCUT2D eigenvalue weighted by atomic mass is 35.5. The maximum atomic E-state index is 12.8. The summed E-state index contributed by atoms with van der Waals surface area (Å²) in [5, 5.41) is 0.120. The van der Waals surface area contributed by atoms with Crippen LogP contribution >= 0.6 is 11.6 Å². The molecule has 0 aromatic heterocycles. The van der Waals surface area contributed by atoms with Gasteiger partial charge in [0.25, 0.3) is 0 Å². The minimum absolute atomic E-state index is 0.120. The van der Waals surface area contributed by atoms with Gasteiger partial charge in [-0.15, -0.1) is 11.6 Å². The predicted octanol–water partition coefficient (Wildman–Crippen LogP) is 5.00. The second kappa shape index (κ2) is 7.30. The fourth-order valence-electron chi connectivity index (χ4n) is 2.15. The van der Waals surface area contributed by atoms with Gasteiger partial charge < -0.3 is 0 Å². The van der Waals surface area contributed by atoms with E-state index in [4.69, 9.17) is 11.6 Å². The van der Waals surface area contributed by atoms with E-state index in [1.165, 1.54) is 17.7 Å². The third-order valence-corrected chi connectivity index (χ3v) is 3.57. The average molecular weight is 277 g/mol. The van der Waals surface area contributed by atoms with E-state index < -0.39 is 0 Å². The summed E-state index contributed by atoms with van der Waals surface area (Å²) in [6.07, 6.45) is 3.93. The zero-order valence-corrected chi connectivity index (χ0v) is 11.6. The highest BCUT2D eigenvalue weighted by molar-refractivity contribution is 6.20. The molecule has 0 saturated carbocycles. The van der Waals surface area contributed by atoms with E-state index in [0.29, 0.717) is 0 Å². The summed E-state index contributed by atoms with van der Waals surface area (Å²) >= 11 is 6.33. The SMILES string of the molecule is Fc1ccc(CC(Cl)CCCc2ccccc2)cc1. The van der Waals surface area contributed by atoms with E-state index in [2.05, 4.69) is 24.3 Å². The minimum atomic E-state index is -0.195. The lowest BCUT2D eigenvalue weighted by Gasteiger charge is -2.09. The average Bonchev–Trinajstić information content (AvgIpc) is 2.43. The molecule has 0 heterocycles. The fourth-order valence-corrected chi connectivity index (χ4v) is 2.48. The first-order chi connectivity index (χ1) is 9.24. The van der Waals surface area contributed by atoms with Gasteiger partial charge in [-0.2, -0.15) is 0 Å². The van der Waals surface area contributed by atoms with Crippen LogP contribution in [0.15, 0.2) is 54.6 Å². The van der Waals surface area contributed by atoms with Gasteiger partial charge in [-0.3, -0.25) is 0 Å². The van der Waals surface area contributed by atoms with Crippen LogP contribution in [0, 0.1) is 5.82 Å². The fraction of sp³-hybridized carbons (Fsp3) is 0.294. The maximum Gasteiger partial charge on any atom is 0.123 e. The summed E-state index contributed by atoms with van der Waals surface area (Å²) in [5.74, 6) is -0.195. The molecule has 1 unspecified atom stereocenters.